The third-order valence-electron chi connectivity index (χ3n) is 5.22. The minimum absolute atomic E-state index is 0.826. The van der Waals surface area contributed by atoms with Crippen molar-refractivity contribution in [3.05, 3.63) is 114 Å². The summed E-state index contributed by atoms with van der Waals surface area (Å²) in [7, 11) is 0. The van der Waals surface area contributed by atoms with E-state index >= 15 is 0 Å². The first-order chi connectivity index (χ1) is 14.9. The molecule has 0 heterocycles. The molecule has 0 aromatic carbocycles. The molecule has 2 rings (SSSR count). The number of hydrogen-bond donors (Lipinski definition) is 0. The van der Waals surface area contributed by atoms with Gasteiger partial charge in [-0.25, -0.2) is 0 Å². The molecule has 2 aliphatic carbocycles. The van der Waals surface area contributed by atoms with Crippen LogP contribution in [-0.4, -0.2) is 0 Å². The molecule has 0 bridgehead atoms. The minimum Gasteiger partial charge on any atom is -0.0985 e. The summed E-state index contributed by atoms with van der Waals surface area (Å²) in [6, 6.07) is 0. The highest BCUT2D eigenvalue weighted by Gasteiger charge is 2.06. The second-order valence-electron chi connectivity index (χ2n) is 8.76. The van der Waals surface area contributed by atoms with Gasteiger partial charge >= 0.3 is 0 Å². The van der Waals surface area contributed by atoms with Crippen molar-refractivity contribution in [2.24, 2.45) is 5.92 Å². The Morgan fingerprint density at radius 2 is 1.84 bits per heavy atom. The predicted molar refractivity (Wildman–Crippen MR) is 141 cm³/mol. The summed E-state index contributed by atoms with van der Waals surface area (Å²) in [4.78, 5) is 0. The van der Waals surface area contributed by atoms with Crippen LogP contribution in [0.2, 0.25) is 0 Å². The topological polar surface area (TPSA) is 0 Å². The summed E-state index contributed by atoms with van der Waals surface area (Å²) in [5.74, 6) is 0.826. The second-order valence-corrected chi connectivity index (χ2v) is 8.76. The van der Waals surface area contributed by atoms with Crippen molar-refractivity contribution >= 4 is 0 Å². The summed E-state index contributed by atoms with van der Waals surface area (Å²) in [5.41, 5.74) is 6.90. The van der Waals surface area contributed by atoms with Crippen molar-refractivity contribution in [1.29, 1.82) is 0 Å². The normalized spacial score (nSPS) is 16.0. The van der Waals surface area contributed by atoms with Gasteiger partial charge in [0, 0.05) is 12.8 Å². The molecule has 1 unspecified atom stereocenters. The van der Waals surface area contributed by atoms with Gasteiger partial charge < -0.3 is 0 Å². The highest BCUT2D eigenvalue weighted by Crippen LogP contribution is 2.23. The fourth-order valence-electron chi connectivity index (χ4n) is 3.37. The molecule has 0 nitrogen and oxygen atoms in total. The zero-order valence-corrected chi connectivity index (χ0v) is 20.5. The first kappa shape index (κ1) is 27.0. The molecule has 0 aromatic heterocycles. The Labute approximate surface area is 193 Å². The van der Waals surface area contributed by atoms with Gasteiger partial charge in [-0.15, -0.1) is 0 Å². The van der Waals surface area contributed by atoms with Gasteiger partial charge in [-0.2, -0.15) is 0 Å². The SMILES string of the molecule is C=CC1=CC(C/C=C/[CH]/C=C/C)=C1.CC(C)=CCCCC(C)C[CH]CC1=C[CH]C(C)=C1. The van der Waals surface area contributed by atoms with E-state index in [2.05, 4.69) is 89.6 Å². The molecule has 0 aromatic rings. The molecule has 0 fully saturated rings. The maximum atomic E-state index is 3.69. The molecule has 1 atom stereocenters. The van der Waals surface area contributed by atoms with E-state index in [4.69, 9.17) is 0 Å². The van der Waals surface area contributed by atoms with Crippen LogP contribution in [0.25, 0.3) is 0 Å². The van der Waals surface area contributed by atoms with E-state index in [1.54, 1.807) is 0 Å². The van der Waals surface area contributed by atoms with E-state index in [1.807, 2.05) is 31.6 Å². The summed E-state index contributed by atoms with van der Waals surface area (Å²) >= 11 is 0. The molecule has 0 heteroatoms. The fourth-order valence-corrected chi connectivity index (χ4v) is 3.37. The van der Waals surface area contributed by atoms with Crippen LogP contribution >= 0.6 is 0 Å². The largest absolute Gasteiger partial charge is 0.0985 e. The Morgan fingerprint density at radius 3 is 2.45 bits per heavy atom. The van der Waals surface area contributed by atoms with Gasteiger partial charge in [0.25, 0.3) is 0 Å². The maximum absolute atomic E-state index is 3.69. The van der Waals surface area contributed by atoms with Crippen molar-refractivity contribution in [1.82, 2.24) is 0 Å². The molecular weight excluding hydrogens is 372 g/mol. The maximum Gasteiger partial charge on any atom is 0.00835 e. The smallest absolute Gasteiger partial charge is 0.00835 e. The lowest BCUT2D eigenvalue weighted by molar-refractivity contribution is 0.502. The molecule has 0 spiro atoms. The molecule has 0 aliphatic heterocycles. The van der Waals surface area contributed by atoms with Crippen LogP contribution in [-0.2, 0) is 0 Å². The Bertz CT molecular complexity index is 739. The van der Waals surface area contributed by atoms with E-state index in [1.165, 1.54) is 53.5 Å². The van der Waals surface area contributed by atoms with Crippen LogP contribution in [0.4, 0.5) is 0 Å². The number of allylic oxidation sites excluding steroid dienone is 15. The highest BCUT2D eigenvalue weighted by atomic mass is 14.1. The van der Waals surface area contributed by atoms with Gasteiger partial charge in [0.1, 0.15) is 0 Å². The van der Waals surface area contributed by atoms with E-state index in [0.717, 1.165) is 18.8 Å². The van der Waals surface area contributed by atoms with Crippen LogP contribution in [0, 0.1) is 25.2 Å². The van der Waals surface area contributed by atoms with Crippen molar-refractivity contribution in [2.75, 3.05) is 0 Å². The van der Waals surface area contributed by atoms with E-state index in [-0.39, 0.29) is 0 Å². The first-order valence-corrected chi connectivity index (χ1v) is 11.8. The lowest BCUT2D eigenvalue weighted by atomic mass is 9.96. The van der Waals surface area contributed by atoms with Gasteiger partial charge in [0.15, 0.2) is 0 Å². The van der Waals surface area contributed by atoms with E-state index in [0.29, 0.717) is 0 Å². The van der Waals surface area contributed by atoms with Gasteiger partial charge in [-0.05, 0) is 83.3 Å². The molecule has 0 amide bonds. The monoisotopic (exact) mass is 415 g/mol. The fraction of sp³-hybridized carbons (Fsp3) is 0.387. The number of rotatable bonds is 13. The van der Waals surface area contributed by atoms with Crippen LogP contribution in [0.5, 0.6) is 0 Å². The molecule has 0 N–H and O–H groups in total. The number of hydrogen-bond acceptors (Lipinski definition) is 0. The third kappa shape index (κ3) is 13.8. The lowest BCUT2D eigenvalue weighted by Crippen LogP contribution is -1.95. The summed E-state index contributed by atoms with van der Waals surface area (Å²) in [6.45, 7) is 14.6. The van der Waals surface area contributed by atoms with Crippen LogP contribution in [0.15, 0.2) is 95.2 Å². The summed E-state index contributed by atoms with van der Waals surface area (Å²) < 4.78 is 0. The van der Waals surface area contributed by atoms with Gasteiger partial charge in [0.05, 0.1) is 0 Å². The van der Waals surface area contributed by atoms with E-state index in [9.17, 15) is 0 Å². The third-order valence-corrected chi connectivity index (χ3v) is 5.22. The molecule has 167 valence electrons. The lowest BCUT2D eigenvalue weighted by Gasteiger charge is -2.10. The van der Waals surface area contributed by atoms with Crippen LogP contribution < -0.4 is 0 Å². The van der Waals surface area contributed by atoms with Crippen LogP contribution in [0.1, 0.15) is 73.1 Å². The van der Waals surface area contributed by atoms with Crippen molar-refractivity contribution in [3.63, 3.8) is 0 Å². The zero-order valence-electron chi connectivity index (χ0n) is 20.5. The van der Waals surface area contributed by atoms with Gasteiger partial charge in [-0.3, -0.25) is 0 Å². The van der Waals surface area contributed by atoms with Crippen LogP contribution in [0.3, 0.4) is 0 Å². The summed E-state index contributed by atoms with van der Waals surface area (Å²) in [5, 5.41) is 0. The molecule has 3 radical (unpaired) electrons. The van der Waals surface area contributed by atoms with Crippen molar-refractivity contribution < 1.29 is 0 Å². The molecule has 0 saturated carbocycles. The Morgan fingerprint density at radius 1 is 1.06 bits per heavy atom. The Kier molecular flexibility index (Phi) is 14.4. The average Bonchev–Trinajstić information content (AvgIpc) is 3.12. The quantitative estimate of drug-likeness (QED) is 0.207. The molecular formula is C31H43. The zero-order chi connectivity index (χ0) is 22.9. The minimum atomic E-state index is 0.826. The van der Waals surface area contributed by atoms with Gasteiger partial charge in [-0.1, -0.05) is 97.4 Å². The first-order valence-electron chi connectivity index (χ1n) is 11.8. The molecule has 0 saturated heterocycles. The highest BCUT2D eigenvalue weighted by molar-refractivity contribution is 5.50. The standard InChI is InChI=1S/C18H28.C13H15/c1-15(2)8-5-6-9-16(3)10-7-11-18-13-12-17(4)14-18;1-3-5-6-7-8-9-13-10-12(4-2)11-13/h7-8,12-14,16H,5-6,9-11H2,1-4H3;3-8,10-11H,2,9H2,1H3/b;5-3+,8-7+. The van der Waals surface area contributed by atoms with E-state index < -0.39 is 0 Å². The Balaban J connectivity index is 0.000000327. The number of unbranched alkanes of at least 4 members (excludes halogenated alkanes) is 1. The van der Waals surface area contributed by atoms with Gasteiger partial charge in [0.2, 0.25) is 0 Å². The Hall–Kier alpha value is -2.08. The van der Waals surface area contributed by atoms with Crippen molar-refractivity contribution in [3.8, 4) is 0 Å². The predicted octanol–water partition coefficient (Wildman–Crippen LogP) is 9.60. The molecule has 2 aliphatic rings. The summed E-state index contributed by atoms with van der Waals surface area (Å²) in [6.07, 6.45) is 35.3. The van der Waals surface area contributed by atoms with Crippen molar-refractivity contribution in [2.45, 2.75) is 73.1 Å². The molecule has 31 heavy (non-hydrogen) atoms. The average molecular weight is 416 g/mol. The second kappa shape index (κ2) is 16.6.